The maximum Gasteiger partial charge on any atom is 0.325 e. The van der Waals surface area contributed by atoms with E-state index >= 15 is 0 Å². The lowest BCUT2D eigenvalue weighted by atomic mass is 10.3. The van der Waals surface area contributed by atoms with Gasteiger partial charge in [0.05, 0.1) is 6.20 Å². The van der Waals surface area contributed by atoms with Gasteiger partial charge in [-0.2, -0.15) is 0 Å². The average Bonchev–Trinajstić information content (AvgIpc) is 2.51. The topological polar surface area (TPSA) is 94.3 Å². The van der Waals surface area contributed by atoms with E-state index in [1.165, 1.54) is 13.3 Å². The Hall–Kier alpha value is -1.76. The number of carboxylic acid groups (broad SMARTS) is 1. The number of ketones is 1. The second-order valence-corrected chi connectivity index (χ2v) is 2.53. The smallest absolute Gasteiger partial charge is 0.325 e. The van der Waals surface area contributed by atoms with Crippen molar-refractivity contribution in [3.63, 3.8) is 0 Å². The zero-order valence-corrected chi connectivity index (χ0v) is 7.51. The molecule has 0 saturated carbocycles. The molecule has 0 unspecified atom stereocenters. The van der Waals surface area contributed by atoms with E-state index < -0.39 is 5.97 Å². The number of nitrogens with zero attached hydrogens (tertiary/aromatic N) is 3. The van der Waals surface area contributed by atoms with Crippen molar-refractivity contribution in [3.8, 4) is 0 Å². The molecular weight excluding hydrogens is 190 g/mol. The highest BCUT2D eigenvalue weighted by Crippen LogP contribution is 1.98. The van der Waals surface area contributed by atoms with Crippen molar-refractivity contribution in [2.75, 3.05) is 13.7 Å². The van der Waals surface area contributed by atoms with E-state index in [2.05, 4.69) is 15.0 Å². The summed E-state index contributed by atoms with van der Waals surface area (Å²) in [6.45, 7) is -0.502. The van der Waals surface area contributed by atoms with E-state index in [0.29, 0.717) is 0 Å². The molecule has 1 heterocycles. The quantitative estimate of drug-likeness (QED) is 0.623. The first-order chi connectivity index (χ1) is 6.65. The Morgan fingerprint density at radius 3 is 2.93 bits per heavy atom. The summed E-state index contributed by atoms with van der Waals surface area (Å²) in [4.78, 5) is 21.7. The Labute approximate surface area is 79.3 Å². The largest absolute Gasteiger partial charge is 0.480 e. The Kier molecular flexibility index (Phi) is 3.29. The summed E-state index contributed by atoms with van der Waals surface area (Å²) in [6.07, 6.45) is 1.21. The van der Waals surface area contributed by atoms with Crippen LogP contribution in [0.25, 0.3) is 0 Å². The fraction of sp³-hybridized carbons (Fsp3) is 0.429. The first-order valence-electron chi connectivity index (χ1n) is 3.77. The fourth-order valence-electron chi connectivity index (χ4n) is 0.924. The van der Waals surface area contributed by atoms with Gasteiger partial charge in [0.2, 0.25) is 5.78 Å². The van der Waals surface area contributed by atoms with Crippen LogP contribution in [0.15, 0.2) is 6.20 Å². The van der Waals surface area contributed by atoms with Crippen LogP contribution in [0.4, 0.5) is 0 Å². The molecule has 0 fully saturated rings. The summed E-state index contributed by atoms with van der Waals surface area (Å²) in [7, 11) is 1.38. The molecule has 1 rings (SSSR count). The predicted octanol–water partition coefficient (Wildman–Crippen LogP) is -0.808. The molecule has 0 aromatic carbocycles. The molecule has 1 N–H and O–H groups in total. The van der Waals surface area contributed by atoms with Crippen molar-refractivity contribution < 1.29 is 19.4 Å². The Balaban J connectivity index is 2.81. The van der Waals surface area contributed by atoms with Gasteiger partial charge in [0.1, 0.15) is 18.8 Å². The number of aromatic nitrogens is 3. The molecule has 0 aliphatic rings. The summed E-state index contributed by atoms with van der Waals surface area (Å²) >= 11 is 0. The summed E-state index contributed by atoms with van der Waals surface area (Å²) in [5.74, 6) is -1.43. The van der Waals surface area contributed by atoms with E-state index in [-0.39, 0.29) is 24.6 Å². The monoisotopic (exact) mass is 199 g/mol. The Morgan fingerprint density at radius 2 is 2.36 bits per heavy atom. The molecule has 0 atom stereocenters. The molecule has 0 radical (unpaired) electrons. The minimum Gasteiger partial charge on any atom is -0.480 e. The number of Topliss-reactive ketones (excluding diaryl/α,β-unsaturated/α-hetero) is 1. The fourth-order valence-corrected chi connectivity index (χ4v) is 0.924. The van der Waals surface area contributed by atoms with E-state index in [9.17, 15) is 9.59 Å². The normalized spacial score (nSPS) is 10.1. The van der Waals surface area contributed by atoms with Crippen molar-refractivity contribution in [1.29, 1.82) is 0 Å². The highest BCUT2D eigenvalue weighted by molar-refractivity contribution is 5.95. The second-order valence-electron chi connectivity index (χ2n) is 2.53. The lowest BCUT2D eigenvalue weighted by molar-refractivity contribution is -0.137. The molecule has 1 aromatic heterocycles. The van der Waals surface area contributed by atoms with Gasteiger partial charge in [-0.15, -0.1) is 5.10 Å². The van der Waals surface area contributed by atoms with Crippen molar-refractivity contribution in [2.24, 2.45) is 0 Å². The van der Waals surface area contributed by atoms with Crippen molar-refractivity contribution in [2.45, 2.75) is 6.54 Å². The van der Waals surface area contributed by atoms with Gasteiger partial charge in [-0.3, -0.25) is 9.59 Å². The molecule has 0 aliphatic carbocycles. The lowest BCUT2D eigenvalue weighted by Crippen LogP contribution is -2.18. The molecular formula is C7H9N3O4. The Morgan fingerprint density at radius 1 is 1.64 bits per heavy atom. The van der Waals surface area contributed by atoms with Crippen LogP contribution in [0, 0.1) is 0 Å². The first-order valence-corrected chi connectivity index (χ1v) is 3.77. The van der Waals surface area contributed by atoms with Crippen molar-refractivity contribution in [1.82, 2.24) is 15.0 Å². The number of aliphatic carboxylic acids is 1. The van der Waals surface area contributed by atoms with E-state index in [0.717, 1.165) is 4.68 Å². The highest BCUT2D eigenvalue weighted by atomic mass is 16.5. The second kappa shape index (κ2) is 4.47. The van der Waals surface area contributed by atoms with Gasteiger partial charge in [-0.05, 0) is 0 Å². The van der Waals surface area contributed by atoms with Gasteiger partial charge in [0, 0.05) is 7.11 Å². The molecule has 76 valence electrons. The standard InChI is InChI=1S/C7H9N3O4/c1-14-4-6(11)5-2-8-9-10(5)3-7(12)13/h2H,3-4H2,1H3,(H,12,13). The number of ether oxygens (including phenoxy) is 1. The molecule has 14 heavy (non-hydrogen) atoms. The molecule has 7 nitrogen and oxygen atoms in total. The van der Waals surface area contributed by atoms with Crippen LogP contribution in [-0.4, -0.2) is 45.6 Å². The van der Waals surface area contributed by atoms with Crippen LogP contribution >= 0.6 is 0 Å². The van der Waals surface area contributed by atoms with Crippen molar-refractivity contribution in [3.05, 3.63) is 11.9 Å². The number of carbonyl (C=O) groups excluding carboxylic acids is 1. The summed E-state index contributed by atoms with van der Waals surface area (Å²) < 4.78 is 5.64. The van der Waals surface area contributed by atoms with Gasteiger partial charge >= 0.3 is 5.97 Å². The van der Waals surface area contributed by atoms with Gasteiger partial charge in [0.25, 0.3) is 0 Å². The van der Waals surface area contributed by atoms with Gasteiger partial charge < -0.3 is 9.84 Å². The average molecular weight is 199 g/mol. The number of carbonyl (C=O) groups is 2. The minimum atomic E-state index is -1.08. The van der Waals surface area contributed by atoms with E-state index in [1.807, 2.05) is 0 Å². The van der Waals surface area contributed by atoms with Crippen LogP contribution < -0.4 is 0 Å². The van der Waals surface area contributed by atoms with E-state index in [4.69, 9.17) is 5.11 Å². The van der Waals surface area contributed by atoms with Gasteiger partial charge in [0.15, 0.2) is 0 Å². The number of hydrogen-bond donors (Lipinski definition) is 1. The maximum absolute atomic E-state index is 11.3. The van der Waals surface area contributed by atoms with Crippen LogP contribution in [0.3, 0.4) is 0 Å². The minimum absolute atomic E-state index is 0.118. The van der Waals surface area contributed by atoms with Gasteiger partial charge in [-0.25, -0.2) is 4.68 Å². The summed E-state index contributed by atoms with van der Waals surface area (Å²) in [6, 6.07) is 0. The molecule has 0 aliphatic heterocycles. The van der Waals surface area contributed by atoms with E-state index in [1.54, 1.807) is 0 Å². The predicted molar refractivity (Wildman–Crippen MR) is 43.9 cm³/mol. The third-order valence-electron chi connectivity index (χ3n) is 1.46. The van der Waals surface area contributed by atoms with Crippen LogP contribution in [0.1, 0.15) is 10.5 Å². The molecule has 0 bridgehead atoms. The first kappa shape index (κ1) is 10.3. The van der Waals surface area contributed by atoms with Crippen LogP contribution in [-0.2, 0) is 16.1 Å². The highest BCUT2D eigenvalue weighted by Gasteiger charge is 2.14. The van der Waals surface area contributed by atoms with Crippen LogP contribution in [0.5, 0.6) is 0 Å². The maximum atomic E-state index is 11.3. The molecule has 0 amide bonds. The molecule has 1 aromatic rings. The third kappa shape index (κ3) is 2.36. The zero-order chi connectivity index (χ0) is 10.6. The summed E-state index contributed by atoms with van der Waals surface area (Å²) in [5, 5.41) is 15.4. The number of hydrogen-bond acceptors (Lipinski definition) is 5. The number of rotatable bonds is 5. The molecule has 7 heteroatoms. The summed E-state index contributed by atoms with van der Waals surface area (Å²) in [5.41, 5.74) is 0.134. The zero-order valence-electron chi connectivity index (χ0n) is 7.51. The molecule has 0 spiro atoms. The third-order valence-corrected chi connectivity index (χ3v) is 1.46. The van der Waals surface area contributed by atoms with Crippen molar-refractivity contribution >= 4 is 11.8 Å². The SMILES string of the molecule is COCC(=O)c1cnnn1CC(=O)O. The number of methoxy groups -OCH3 is 1. The van der Waals surface area contributed by atoms with Gasteiger partial charge in [-0.1, -0.05) is 5.21 Å². The molecule has 0 saturated heterocycles. The Bertz CT molecular complexity index is 346. The van der Waals surface area contributed by atoms with Crippen LogP contribution in [0.2, 0.25) is 0 Å². The lowest BCUT2D eigenvalue weighted by Gasteiger charge is -2.00. The number of carboxylic acids is 1.